The maximum atomic E-state index is 12.7. The fraction of sp³-hybridized carbons (Fsp3) is 0.562. The molecule has 0 unspecified atom stereocenters. The molecule has 2 aliphatic rings. The van der Waals surface area contributed by atoms with Gasteiger partial charge in [-0.3, -0.25) is 14.5 Å². The zero-order valence-electron chi connectivity index (χ0n) is 13.5. The number of nitrogens with one attached hydrogen (secondary N) is 1. The van der Waals surface area contributed by atoms with Crippen molar-refractivity contribution in [2.75, 3.05) is 13.6 Å². The van der Waals surface area contributed by atoms with Gasteiger partial charge in [0.25, 0.3) is 5.91 Å². The molecule has 0 atom stereocenters. The van der Waals surface area contributed by atoms with Gasteiger partial charge in [-0.05, 0) is 40.9 Å². The quantitative estimate of drug-likeness (QED) is 0.771. The average molecular weight is 414 g/mol. The van der Waals surface area contributed by atoms with Crippen LogP contribution in [0.3, 0.4) is 0 Å². The summed E-state index contributed by atoms with van der Waals surface area (Å²) in [7, 11) is 1.69. The van der Waals surface area contributed by atoms with Crippen molar-refractivity contribution in [3.63, 3.8) is 0 Å². The maximum absolute atomic E-state index is 12.7. The molecule has 24 heavy (non-hydrogen) atoms. The Labute approximate surface area is 153 Å². The molecule has 1 N–H and O–H groups in total. The SMILES string of the molecule is CN(Cc1ccc(Br)s1)C(=O)CN1C(=O)NC2(CCCCC2)C1=O. The first-order chi connectivity index (χ1) is 11.4. The molecule has 8 heteroatoms. The lowest BCUT2D eigenvalue weighted by Crippen LogP contribution is -2.49. The largest absolute Gasteiger partial charge is 0.339 e. The number of carbonyl (C=O) groups excluding carboxylic acids is 3. The van der Waals surface area contributed by atoms with Gasteiger partial charge in [-0.15, -0.1) is 11.3 Å². The minimum Gasteiger partial charge on any atom is -0.339 e. The summed E-state index contributed by atoms with van der Waals surface area (Å²) in [5.74, 6) is -0.483. The van der Waals surface area contributed by atoms with E-state index >= 15 is 0 Å². The van der Waals surface area contributed by atoms with E-state index in [1.165, 1.54) is 0 Å². The predicted octanol–water partition coefficient (Wildman–Crippen LogP) is 2.72. The maximum Gasteiger partial charge on any atom is 0.325 e. The number of imide groups is 1. The molecule has 1 aliphatic heterocycles. The molecular weight excluding hydrogens is 394 g/mol. The van der Waals surface area contributed by atoms with Crippen LogP contribution in [0.4, 0.5) is 4.79 Å². The summed E-state index contributed by atoms with van der Waals surface area (Å²) in [5, 5.41) is 2.83. The predicted molar refractivity (Wildman–Crippen MR) is 94.6 cm³/mol. The first-order valence-corrected chi connectivity index (χ1v) is 9.64. The van der Waals surface area contributed by atoms with E-state index in [9.17, 15) is 14.4 Å². The Morgan fingerprint density at radius 3 is 2.67 bits per heavy atom. The molecule has 130 valence electrons. The number of thiophene rings is 1. The van der Waals surface area contributed by atoms with E-state index < -0.39 is 11.6 Å². The summed E-state index contributed by atoms with van der Waals surface area (Å²) in [6.45, 7) is 0.263. The molecule has 1 saturated carbocycles. The van der Waals surface area contributed by atoms with E-state index in [1.54, 1.807) is 23.3 Å². The topological polar surface area (TPSA) is 69.7 Å². The Bertz CT molecular complexity index is 669. The molecule has 2 fully saturated rings. The van der Waals surface area contributed by atoms with Crippen molar-refractivity contribution in [2.24, 2.45) is 0 Å². The Morgan fingerprint density at radius 1 is 1.33 bits per heavy atom. The van der Waals surface area contributed by atoms with Gasteiger partial charge < -0.3 is 10.2 Å². The Kier molecular flexibility index (Phi) is 4.96. The number of likely N-dealkylation sites (N-methyl/N-ethyl adjacent to an activating group) is 1. The fourth-order valence-electron chi connectivity index (χ4n) is 3.33. The molecule has 1 aromatic heterocycles. The smallest absolute Gasteiger partial charge is 0.325 e. The number of hydrogen-bond donors (Lipinski definition) is 1. The van der Waals surface area contributed by atoms with Crippen molar-refractivity contribution in [1.29, 1.82) is 0 Å². The molecule has 1 spiro atoms. The second-order valence-electron chi connectivity index (χ2n) is 6.42. The van der Waals surface area contributed by atoms with Crippen LogP contribution in [-0.2, 0) is 16.1 Å². The third-order valence-electron chi connectivity index (χ3n) is 4.69. The van der Waals surface area contributed by atoms with Gasteiger partial charge in [0, 0.05) is 11.9 Å². The minimum absolute atomic E-state index is 0.199. The van der Waals surface area contributed by atoms with Gasteiger partial charge in [-0.1, -0.05) is 19.3 Å². The molecule has 1 aromatic rings. The van der Waals surface area contributed by atoms with Gasteiger partial charge in [0.2, 0.25) is 5.91 Å². The monoisotopic (exact) mass is 413 g/mol. The Morgan fingerprint density at radius 2 is 2.04 bits per heavy atom. The summed E-state index contributed by atoms with van der Waals surface area (Å²) < 4.78 is 1.01. The number of carbonyl (C=O) groups is 3. The van der Waals surface area contributed by atoms with Gasteiger partial charge in [0.15, 0.2) is 0 Å². The van der Waals surface area contributed by atoms with Crippen molar-refractivity contribution in [3.8, 4) is 0 Å². The molecular formula is C16H20BrN3O3S. The summed E-state index contributed by atoms with van der Waals surface area (Å²) in [6, 6.07) is 3.44. The summed E-state index contributed by atoms with van der Waals surface area (Å²) in [4.78, 5) is 41.0. The third kappa shape index (κ3) is 3.35. The van der Waals surface area contributed by atoms with E-state index in [-0.39, 0.29) is 18.4 Å². The number of nitrogens with zero attached hydrogens (tertiary/aromatic N) is 2. The second kappa shape index (κ2) is 6.84. The summed E-state index contributed by atoms with van der Waals surface area (Å²) >= 11 is 4.95. The van der Waals surface area contributed by atoms with E-state index in [0.29, 0.717) is 19.4 Å². The molecule has 0 aromatic carbocycles. The van der Waals surface area contributed by atoms with E-state index in [0.717, 1.165) is 32.8 Å². The van der Waals surface area contributed by atoms with Crippen LogP contribution < -0.4 is 5.32 Å². The molecule has 2 heterocycles. The van der Waals surface area contributed by atoms with Gasteiger partial charge in [0.05, 0.1) is 10.3 Å². The number of rotatable bonds is 4. The van der Waals surface area contributed by atoms with Gasteiger partial charge in [-0.2, -0.15) is 0 Å². The van der Waals surface area contributed by atoms with Crippen LogP contribution in [0.2, 0.25) is 0 Å². The summed E-state index contributed by atoms with van der Waals surface area (Å²) in [6.07, 6.45) is 4.29. The van der Waals surface area contributed by atoms with Crippen molar-refractivity contribution >= 4 is 45.1 Å². The van der Waals surface area contributed by atoms with Crippen molar-refractivity contribution in [1.82, 2.24) is 15.1 Å². The highest BCUT2D eigenvalue weighted by Crippen LogP contribution is 2.33. The first-order valence-electron chi connectivity index (χ1n) is 8.03. The normalized spacial score (nSPS) is 19.7. The van der Waals surface area contributed by atoms with E-state index in [2.05, 4.69) is 21.2 Å². The number of urea groups is 1. The fourth-order valence-corrected chi connectivity index (χ4v) is 4.87. The van der Waals surface area contributed by atoms with Crippen LogP contribution in [0.15, 0.2) is 15.9 Å². The molecule has 0 radical (unpaired) electrons. The highest BCUT2D eigenvalue weighted by molar-refractivity contribution is 9.11. The van der Waals surface area contributed by atoms with Gasteiger partial charge >= 0.3 is 6.03 Å². The van der Waals surface area contributed by atoms with Gasteiger partial charge in [-0.25, -0.2) is 4.79 Å². The summed E-state index contributed by atoms with van der Waals surface area (Å²) in [5.41, 5.74) is -0.771. The number of amides is 4. The van der Waals surface area contributed by atoms with Crippen LogP contribution in [0, 0.1) is 0 Å². The lowest BCUT2D eigenvalue weighted by molar-refractivity contribution is -0.139. The molecule has 4 amide bonds. The number of hydrogen-bond acceptors (Lipinski definition) is 4. The van der Waals surface area contributed by atoms with Crippen LogP contribution in [0.25, 0.3) is 0 Å². The van der Waals surface area contributed by atoms with Crippen molar-refractivity contribution < 1.29 is 14.4 Å². The lowest BCUT2D eigenvalue weighted by atomic mass is 9.82. The van der Waals surface area contributed by atoms with Gasteiger partial charge in [0.1, 0.15) is 12.1 Å². The minimum atomic E-state index is -0.771. The van der Waals surface area contributed by atoms with Crippen LogP contribution in [0.5, 0.6) is 0 Å². The van der Waals surface area contributed by atoms with E-state index in [1.807, 2.05) is 12.1 Å². The Balaban J connectivity index is 1.63. The van der Waals surface area contributed by atoms with E-state index in [4.69, 9.17) is 0 Å². The molecule has 1 saturated heterocycles. The average Bonchev–Trinajstić information content (AvgIpc) is 3.05. The first kappa shape index (κ1) is 17.4. The standard InChI is InChI=1S/C16H20BrN3O3S/c1-19(9-11-5-6-12(17)24-11)13(21)10-20-14(22)16(18-15(20)23)7-3-2-4-8-16/h5-6H,2-4,7-10H2,1H3,(H,18,23). The highest BCUT2D eigenvalue weighted by Gasteiger charge is 2.51. The van der Waals surface area contributed by atoms with Crippen LogP contribution in [0.1, 0.15) is 37.0 Å². The third-order valence-corrected chi connectivity index (χ3v) is 6.30. The van der Waals surface area contributed by atoms with Crippen LogP contribution in [-0.4, -0.2) is 46.8 Å². The number of halogens is 1. The molecule has 1 aliphatic carbocycles. The lowest BCUT2D eigenvalue weighted by Gasteiger charge is -2.30. The molecule has 6 nitrogen and oxygen atoms in total. The van der Waals surface area contributed by atoms with Crippen LogP contribution >= 0.6 is 27.3 Å². The van der Waals surface area contributed by atoms with Crippen molar-refractivity contribution in [2.45, 2.75) is 44.2 Å². The molecule has 0 bridgehead atoms. The molecule has 3 rings (SSSR count). The Hall–Kier alpha value is -1.41. The second-order valence-corrected chi connectivity index (χ2v) is 8.97. The zero-order valence-corrected chi connectivity index (χ0v) is 15.9. The zero-order chi connectivity index (χ0) is 17.3. The van der Waals surface area contributed by atoms with Crippen molar-refractivity contribution in [3.05, 3.63) is 20.8 Å². The highest BCUT2D eigenvalue weighted by atomic mass is 79.9.